The maximum atomic E-state index is 6.33. The van der Waals surface area contributed by atoms with Crippen molar-refractivity contribution in [1.82, 2.24) is 19.7 Å². The van der Waals surface area contributed by atoms with Crippen LogP contribution in [-0.2, 0) is 17.0 Å². The summed E-state index contributed by atoms with van der Waals surface area (Å²) in [6, 6.07) is 9.73. The van der Waals surface area contributed by atoms with Gasteiger partial charge in [-0.2, -0.15) is 0 Å². The second kappa shape index (κ2) is 9.16. The van der Waals surface area contributed by atoms with Gasteiger partial charge in [0.05, 0.1) is 35.2 Å². The van der Waals surface area contributed by atoms with Gasteiger partial charge in [0.15, 0.2) is 11.0 Å². The lowest BCUT2D eigenvalue weighted by molar-refractivity contribution is 0.0953. The van der Waals surface area contributed by atoms with Crippen molar-refractivity contribution in [2.75, 3.05) is 6.61 Å². The summed E-state index contributed by atoms with van der Waals surface area (Å²) in [5.74, 6) is 2.36. The van der Waals surface area contributed by atoms with E-state index < -0.39 is 0 Å². The molecule has 1 saturated heterocycles. The number of hydrogen-bond donors (Lipinski definition) is 0. The maximum Gasteiger partial charge on any atom is 0.191 e. The van der Waals surface area contributed by atoms with E-state index in [0.29, 0.717) is 10.8 Å². The molecular weight excluding hydrogens is 452 g/mol. The average molecular weight is 473 g/mol. The number of furan rings is 1. The zero-order chi connectivity index (χ0) is 21.2. The van der Waals surface area contributed by atoms with Gasteiger partial charge >= 0.3 is 0 Å². The Hall–Kier alpha value is -2.13. The zero-order valence-corrected chi connectivity index (χ0v) is 19.3. The molecule has 31 heavy (non-hydrogen) atoms. The van der Waals surface area contributed by atoms with Gasteiger partial charge in [-0.25, -0.2) is 4.98 Å². The topological polar surface area (TPSA) is 66.0 Å². The molecule has 1 unspecified atom stereocenters. The lowest BCUT2D eigenvalue weighted by atomic mass is 10.2. The summed E-state index contributed by atoms with van der Waals surface area (Å²) in [6.45, 7) is 3.50. The van der Waals surface area contributed by atoms with Crippen LogP contribution in [0.3, 0.4) is 0 Å². The first kappa shape index (κ1) is 20.8. The summed E-state index contributed by atoms with van der Waals surface area (Å²) in [6.07, 6.45) is 4.03. The van der Waals surface area contributed by atoms with Crippen LogP contribution in [0.4, 0.5) is 0 Å². The molecule has 3 aromatic heterocycles. The predicted molar refractivity (Wildman–Crippen MR) is 124 cm³/mol. The van der Waals surface area contributed by atoms with E-state index in [4.69, 9.17) is 25.7 Å². The summed E-state index contributed by atoms with van der Waals surface area (Å²) in [4.78, 5) is 4.78. The van der Waals surface area contributed by atoms with Gasteiger partial charge in [-0.05, 0) is 31.9 Å². The van der Waals surface area contributed by atoms with E-state index >= 15 is 0 Å². The van der Waals surface area contributed by atoms with E-state index in [0.717, 1.165) is 64.6 Å². The third-order valence-electron chi connectivity index (χ3n) is 5.23. The minimum absolute atomic E-state index is 0.187. The van der Waals surface area contributed by atoms with Crippen molar-refractivity contribution in [3.05, 3.63) is 58.5 Å². The van der Waals surface area contributed by atoms with Gasteiger partial charge < -0.3 is 9.15 Å². The number of rotatable bonds is 7. The van der Waals surface area contributed by atoms with Crippen molar-refractivity contribution in [3.8, 4) is 22.0 Å². The highest BCUT2D eigenvalue weighted by molar-refractivity contribution is 7.98. The molecule has 1 aliphatic heterocycles. The normalized spacial score (nSPS) is 16.3. The second-order valence-corrected chi connectivity index (χ2v) is 9.56. The van der Waals surface area contributed by atoms with Gasteiger partial charge in [-0.1, -0.05) is 41.6 Å². The molecule has 0 saturated carbocycles. The van der Waals surface area contributed by atoms with Crippen LogP contribution < -0.4 is 0 Å². The third kappa shape index (κ3) is 4.43. The third-order valence-corrected chi connectivity index (χ3v) is 7.49. The first-order valence-electron chi connectivity index (χ1n) is 10.1. The summed E-state index contributed by atoms with van der Waals surface area (Å²) >= 11 is 9.57. The van der Waals surface area contributed by atoms with Gasteiger partial charge in [0.25, 0.3) is 0 Å². The lowest BCUT2D eigenvalue weighted by Gasteiger charge is -2.14. The highest BCUT2D eigenvalue weighted by atomic mass is 35.5. The van der Waals surface area contributed by atoms with Crippen LogP contribution in [-0.4, -0.2) is 32.5 Å². The Labute approximate surface area is 193 Å². The Morgan fingerprint density at radius 1 is 1.23 bits per heavy atom. The fourth-order valence-electron chi connectivity index (χ4n) is 3.64. The van der Waals surface area contributed by atoms with Crippen molar-refractivity contribution in [2.24, 2.45) is 0 Å². The zero-order valence-electron chi connectivity index (χ0n) is 17.0. The van der Waals surface area contributed by atoms with Crippen molar-refractivity contribution < 1.29 is 9.15 Å². The van der Waals surface area contributed by atoms with Gasteiger partial charge in [-0.3, -0.25) is 4.57 Å². The molecule has 1 aliphatic rings. The van der Waals surface area contributed by atoms with E-state index in [1.807, 2.05) is 37.3 Å². The van der Waals surface area contributed by atoms with E-state index in [1.54, 1.807) is 29.4 Å². The Morgan fingerprint density at radius 2 is 2.13 bits per heavy atom. The summed E-state index contributed by atoms with van der Waals surface area (Å²) in [7, 11) is 0. The number of thioether (sulfide) groups is 1. The van der Waals surface area contributed by atoms with Crippen molar-refractivity contribution in [3.63, 3.8) is 0 Å². The fraction of sp³-hybridized carbons (Fsp3) is 0.318. The monoisotopic (exact) mass is 472 g/mol. The summed E-state index contributed by atoms with van der Waals surface area (Å²) < 4.78 is 13.5. The van der Waals surface area contributed by atoms with Crippen LogP contribution in [0.15, 0.2) is 51.5 Å². The van der Waals surface area contributed by atoms with Crippen LogP contribution in [0.2, 0.25) is 5.02 Å². The van der Waals surface area contributed by atoms with Gasteiger partial charge in [0, 0.05) is 23.3 Å². The average Bonchev–Trinajstić information content (AvgIpc) is 3.56. The Balaban J connectivity index is 1.37. The Morgan fingerprint density at radius 3 is 2.90 bits per heavy atom. The first-order chi connectivity index (χ1) is 15.2. The van der Waals surface area contributed by atoms with Gasteiger partial charge in [-0.15, -0.1) is 21.5 Å². The predicted octanol–water partition coefficient (Wildman–Crippen LogP) is 6.09. The van der Waals surface area contributed by atoms with Crippen molar-refractivity contribution >= 4 is 34.7 Å². The Bertz CT molecular complexity index is 1180. The number of thiazole rings is 1. The van der Waals surface area contributed by atoms with Crippen LogP contribution in [0.1, 0.15) is 24.3 Å². The molecule has 0 bridgehead atoms. The summed E-state index contributed by atoms with van der Waals surface area (Å²) in [5, 5.41) is 13.5. The molecule has 1 aromatic carbocycles. The fourth-order valence-corrected chi connectivity index (χ4v) is 5.72. The number of hydrogen-bond acceptors (Lipinski definition) is 7. The first-order valence-corrected chi connectivity index (χ1v) is 12.3. The SMILES string of the molecule is Cc1occc1-c1nnc(SCc2csc(-c3ccccc3Cl)n2)n1CC1CCCO1. The molecule has 0 amide bonds. The number of benzene rings is 1. The molecule has 6 nitrogen and oxygen atoms in total. The highest BCUT2D eigenvalue weighted by Crippen LogP contribution is 2.33. The molecule has 0 aliphatic carbocycles. The maximum absolute atomic E-state index is 6.33. The minimum atomic E-state index is 0.187. The number of aryl methyl sites for hydroxylation is 1. The second-order valence-electron chi connectivity index (χ2n) is 7.35. The van der Waals surface area contributed by atoms with Gasteiger partial charge in [0.1, 0.15) is 10.8 Å². The largest absolute Gasteiger partial charge is 0.469 e. The number of halogens is 1. The van der Waals surface area contributed by atoms with E-state index in [-0.39, 0.29) is 6.10 Å². The highest BCUT2D eigenvalue weighted by Gasteiger charge is 2.23. The molecule has 160 valence electrons. The molecule has 5 rings (SSSR count). The molecule has 4 heterocycles. The number of nitrogens with zero attached hydrogens (tertiary/aromatic N) is 4. The van der Waals surface area contributed by atoms with Gasteiger partial charge in [0.2, 0.25) is 0 Å². The molecular formula is C22H21ClN4O2S2. The van der Waals surface area contributed by atoms with Crippen molar-refractivity contribution in [1.29, 1.82) is 0 Å². The lowest BCUT2D eigenvalue weighted by Crippen LogP contribution is -2.16. The van der Waals surface area contributed by atoms with E-state index in [1.165, 1.54) is 0 Å². The summed E-state index contributed by atoms with van der Waals surface area (Å²) in [5.41, 5.74) is 2.93. The van der Waals surface area contributed by atoms with Crippen LogP contribution in [0.25, 0.3) is 22.0 Å². The molecule has 0 N–H and O–H groups in total. The number of ether oxygens (including phenoxy) is 1. The van der Waals surface area contributed by atoms with Crippen LogP contribution in [0.5, 0.6) is 0 Å². The van der Waals surface area contributed by atoms with Crippen LogP contribution in [0, 0.1) is 6.92 Å². The molecule has 4 aromatic rings. The molecule has 0 radical (unpaired) electrons. The Kier molecular flexibility index (Phi) is 6.13. The standard InChI is InChI=1S/C22H21ClN4O2S2/c1-14-17(8-10-28-14)20-25-26-22(27(20)11-16-5-4-9-29-16)31-13-15-12-30-21(24-15)18-6-2-3-7-19(18)23/h2-3,6-8,10,12,16H,4-5,9,11,13H2,1H3. The van der Waals surface area contributed by atoms with E-state index in [9.17, 15) is 0 Å². The molecule has 1 fully saturated rings. The molecule has 9 heteroatoms. The number of aromatic nitrogens is 4. The van der Waals surface area contributed by atoms with E-state index in [2.05, 4.69) is 20.1 Å². The smallest absolute Gasteiger partial charge is 0.191 e. The van der Waals surface area contributed by atoms with Crippen LogP contribution >= 0.6 is 34.7 Å². The van der Waals surface area contributed by atoms with Crippen molar-refractivity contribution in [2.45, 2.75) is 43.3 Å². The molecule has 0 spiro atoms. The quantitative estimate of drug-likeness (QED) is 0.303. The minimum Gasteiger partial charge on any atom is -0.469 e. The molecule has 1 atom stereocenters.